The minimum atomic E-state index is -0.865. The van der Waals surface area contributed by atoms with E-state index in [1.807, 2.05) is 42.8 Å². The SMILES string of the molecule is CN(Cc1ccccc1Cl)Cc1ccsc1C(=O)O. The largest absolute Gasteiger partial charge is 0.477 e. The van der Waals surface area contributed by atoms with Crippen molar-refractivity contribution in [3.8, 4) is 0 Å². The van der Waals surface area contributed by atoms with E-state index < -0.39 is 5.97 Å². The van der Waals surface area contributed by atoms with Crippen molar-refractivity contribution >= 4 is 28.9 Å². The summed E-state index contributed by atoms with van der Waals surface area (Å²) in [6.45, 7) is 1.28. The third-order valence-corrected chi connectivity index (χ3v) is 4.09. The molecule has 1 aromatic carbocycles. The van der Waals surface area contributed by atoms with Crippen LogP contribution in [0.3, 0.4) is 0 Å². The fourth-order valence-corrected chi connectivity index (χ4v) is 2.86. The third-order valence-electron chi connectivity index (χ3n) is 2.78. The number of carbonyl (C=O) groups is 1. The Labute approximate surface area is 121 Å². The second-order valence-corrected chi connectivity index (χ2v) is 5.67. The van der Waals surface area contributed by atoms with Crippen LogP contribution in [0.25, 0.3) is 0 Å². The third kappa shape index (κ3) is 3.56. The molecule has 1 N–H and O–H groups in total. The topological polar surface area (TPSA) is 40.5 Å². The molecule has 1 heterocycles. The zero-order valence-corrected chi connectivity index (χ0v) is 12.0. The summed E-state index contributed by atoms with van der Waals surface area (Å²) in [5, 5.41) is 11.6. The predicted molar refractivity (Wildman–Crippen MR) is 77.9 cm³/mol. The van der Waals surface area contributed by atoms with Crippen molar-refractivity contribution in [1.29, 1.82) is 0 Å². The lowest BCUT2D eigenvalue weighted by Crippen LogP contribution is -2.18. The fraction of sp³-hybridized carbons (Fsp3) is 0.214. The molecule has 0 aliphatic heterocycles. The molecule has 0 atom stereocenters. The van der Waals surface area contributed by atoms with Gasteiger partial charge in [0, 0.05) is 18.1 Å². The Hall–Kier alpha value is -1.36. The average molecular weight is 296 g/mol. The molecule has 3 nitrogen and oxygen atoms in total. The Kier molecular flexibility index (Phi) is 4.58. The maximum Gasteiger partial charge on any atom is 0.346 e. The van der Waals surface area contributed by atoms with Gasteiger partial charge in [0.25, 0.3) is 0 Å². The van der Waals surface area contributed by atoms with Gasteiger partial charge in [0.05, 0.1) is 0 Å². The van der Waals surface area contributed by atoms with E-state index in [-0.39, 0.29) is 0 Å². The number of hydrogen-bond acceptors (Lipinski definition) is 3. The summed E-state index contributed by atoms with van der Waals surface area (Å²) >= 11 is 7.37. The lowest BCUT2D eigenvalue weighted by molar-refractivity contribution is 0.0700. The Morgan fingerprint density at radius 1 is 1.26 bits per heavy atom. The molecular weight excluding hydrogens is 282 g/mol. The molecule has 0 aliphatic rings. The molecule has 0 unspecified atom stereocenters. The van der Waals surface area contributed by atoms with Crippen molar-refractivity contribution in [1.82, 2.24) is 4.90 Å². The minimum absolute atomic E-state index is 0.408. The van der Waals surface area contributed by atoms with Crippen LogP contribution in [0.4, 0.5) is 0 Å². The monoisotopic (exact) mass is 295 g/mol. The Morgan fingerprint density at radius 2 is 1.95 bits per heavy atom. The van der Waals surface area contributed by atoms with Crippen LogP contribution in [0.5, 0.6) is 0 Å². The summed E-state index contributed by atoms with van der Waals surface area (Å²) in [6.07, 6.45) is 0. The van der Waals surface area contributed by atoms with Crippen LogP contribution < -0.4 is 0 Å². The molecule has 100 valence electrons. The highest BCUT2D eigenvalue weighted by Gasteiger charge is 2.13. The Bertz CT molecular complexity index is 582. The fourth-order valence-electron chi connectivity index (χ4n) is 1.91. The average Bonchev–Trinajstić information content (AvgIpc) is 2.80. The predicted octanol–water partition coefficient (Wildman–Crippen LogP) is 3.73. The van der Waals surface area contributed by atoms with Crippen molar-refractivity contribution in [2.24, 2.45) is 0 Å². The highest BCUT2D eigenvalue weighted by Crippen LogP contribution is 2.21. The molecule has 0 saturated heterocycles. The van der Waals surface area contributed by atoms with E-state index in [1.54, 1.807) is 0 Å². The van der Waals surface area contributed by atoms with Crippen LogP contribution in [-0.2, 0) is 13.1 Å². The molecule has 0 radical (unpaired) electrons. The van der Waals surface area contributed by atoms with Crippen LogP contribution in [0.1, 0.15) is 20.8 Å². The highest BCUT2D eigenvalue weighted by molar-refractivity contribution is 7.12. The summed E-state index contributed by atoms with van der Waals surface area (Å²) in [5.74, 6) is -0.865. The number of carboxylic acid groups (broad SMARTS) is 1. The number of nitrogens with zero attached hydrogens (tertiary/aromatic N) is 1. The molecule has 1 aromatic heterocycles. The van der Waals surface area contributed by atoms with Crippen molar-refractivity contribution in [2.75, 3.05) is 7.05 Å². The molecule has 5 heteroatoms. The molecule has 0 amide bonds. The Morgan fingerprint density at radius 3 is 2.63 bits per heavy atom. The van der Waals surface area contributed by atoms with Gasteiger partial charge in [-0.2, -0.15) is 0 Å². The number of carboxylic acids is 1. The van der Waals surface area contributed by atoms with Gasteiger partial charge in [-0.05, 0) is 35.7 Å². The molecule has 0 bridgehead atoms. The maximum atomic E-state index is 11.0. The second-order valence-electron chi connectivity index (χ2n) is 4.34. The molecule has 0 saturated carbocycles. The summed E-state index contributed by atoms with van der Waals surface area (Å²) in [6, 6.07) is 9.54. The standard InChI is InChI=1S/C14H14ClNO2S/c1-16(8-10-4-2-3-5-12(10)15)9-11-6-7-19-13(11)14(17)18/h2-7H,8-9H2,1H3,(H,17,18). The normalized spacial score (nSPS) is 10.9. The van der Waals surface area contributed by atoms with Gasteiger partial charge < -0.3 is 5.11 Å². The van der Waals surface area contributed by atoms with Gasteiger partial charge in [-0.25, -0.2) is 4.79 Å². The van der Waals surface area contributed by atoms with E-state index >= 15 is 0 Å². The number of halogens is 1. The van der Waals surface area contributed by atoms with Crippen LogP contribution in [0.15, 0.2) is 35.7 Å². The van der Waals surface area contributed by atoms with Crippen molar-refractivity contribution in [3.63, 3.8) is 0 Å². The number of aromatic carboxylic acids is 1. The molecule has 0 fully saturated rings. The van der Waals surface area contributed by atoms with Crippen LogP contribution in [0.2, 0.25) is 5.02 Å². The van der Waals surface area contributed by atoms with Gasteiger partial charge in [0.1, 0.15) is 4.88 Å². The van der Waals surface area contributed by atoms with Crippen molar-refractivity contribution < 1.29 is 9.90 Å². The molecule has 0 spiro atoms. The summed E-state index contributed by atoms with van der Waals surface area (Å²) < 4.78 is 0. The zero-order chi connectivity index (χ0) is 13.8. The number of rotatable bonds is 5. The zero-order valence-electron chi connectivity index (χ0n) is 10.5. The summed E-state index contributed by atoms with van der Waals surface area (Å²) in [4.78, 5) is 13.5. The van der Waals surface area contributed by atoms with Gasteiger partial charge in [0.2, 0.25) is 0 Å². The van der Waals surface area contributed by atoms with Gasteiger partial charge in [-0.1, -0.05) is 29.8 Å². The van der Waals surface area contributed by atoms with E-state index in [0.29, 0.717) is 18.0 Å². The van der Waals surface area contributed by atoms with Gasteiger partial charge >= 0.3 is 5.97 Å². The first kappa shape index (κ1) is 14.1. The first-order chi connectivity index (χ1) is 9.08. The molecule has 2 rings (SSSR count). The van der Waals surface area contributed by atoms with Crippen molar-refractivity contribution in [3.05, 3.63) is 56.7 Å². The highest BCUT2D eigenvalue weighted by atomic mass is 35.5. The van der Waals surface area contributed by atoms with E-state index in [2.05, 4.69) is 4.90 Å². The van der Waals surface area contributed by atoms with Gasteiger partial charge in [-0.3, -0.25) is 4.90 Å². The summed E-state index contributed by atoms with van der Waals surface area (Å²) in [5.41, 5.74) is 1.88. The molecule has 2 aromatic rings. The van der Waals surface area contributed by atoms with Gasteiger partial charge in [0.15, 0.2) is 0 Å². The van der Waals surface area contributed by atoms with E-state index in [4.69, 9.17) is 16.7 Å². The smallest absolute Gasteiger partial charge is 0.346 e. The molecular formula is C14H14ClNO2S. The van der Waals surface area contributed by atoms with Crippen LogP contribution >= 0.6 is 22.9 Å². The lowest BCUT2D eigenvalue weighted by atomic mass is 10.2. The summed E-state index contributed by atoms with van der Waals surface area (Å²) in [7, 11) is 1.95. The molecule has 0 aliphatic carbocycles. The number of thiophene rings is 1. The van der Waals surface area contributed by atoms with E-state index in [0.717, 1.165) is 16.1 Å². The van der Waals surface area contributed by atoms with Gasteiger partial charge in [-0.15, -0.1) is 11.3 Å². The minimum Gasteiger partial charge on any atom is -0.477 e. The molecule has 19 heavy (non-hydrogen) atoms. The second kappa shape index (κ2) is 6.19. The van der Waals surface area contributed by atoms with Crippen LogP contribution in [-0.4, -0.2) is 23.0 Å². The quantitative estimate of drug-likeness (QED) is 0.913. The first-order valence-electron chi connectivity index (χ1n) is 5.79. The first-order valence-corrected chi connectivity index (χ1v) is 7.05. The Balaban J connectivity index is 2.06. The number of hydrogen-bond donors (Lipinski definition) is 1. The maximum absolute atomic E-state index is 11.0. The van der Waals surface area contributed by atoms with E-state index in [1.165, 1.54) is 11.3 Å². The lowest BCUT2D eigenvalue weighted by Gasteiger charge is -2.17. The van der Waals surface area contributed by atoms with Crippen LogP contribution in [0, 0.1) is 0 Å². The van der Waals surface area contributed by atoms with Crippen molar-refractivity contribution in [2.45, 2.75) is 13.1 Å². The van der Waals surface area contributed by atoms with E-state index in [9.17, 15) is 4.79 Å². The number of benzene rings is 1.